The van der Waals surface area contributed by atoms with E-state index in [-0.39, 0.29) is 5.60 Å². The molecular formula is C15H24BrN3O2. The molecule has 118 valence electrons. The van der Waals surface area contributed by atoms with Crippen LogP contribution in [0.25, 0.3) is 0 Å². The van der Waals surface area contributed by atoms with Gasteiger partial charge in [-0.25, -0.2) is 0 Å². The van der Waals surface area contributed by atoms with Gasteiger partial charge in [-0.05, 0) is 54.9 Å². The van der Waals surface area contributed by atoms with Crippen molar-refractivity contribution in [3.8, 4) is 0 Å². The fourth-order valence-corrected chi connectivity index (χ4v) is 2.15. The summed E-state index contributed by atoms with van der Waals surface area (Å²) in [7, 11) is 0. The van der Waals surface area contributed by atoms with Crippen molar-refractivity contribution in [3.05, 3.63) is 22.7 Å². The number of carbonyl (C=O) groups is 1. The Bertz CT molecular complexity index is 455. The maximum Gasteiger partial charge on any atom is 0.293 e. The SMILES string of the molecule is CC(C)(C)OC=O.Nc1ccc(N2CCNCC2)cc1Br. The molecule has 0 saturated carbocycles. The molecule has 1 aliphatic heterocycles. The van der Waals surface area contributed by atoms with Crippen molar-refractivity contribution in [2.45, 2.75) is 26.4 Å². The number of piperazine rings is 1. The summed E-state index contributed by atoms with van der Waals surface area (Å²) in [5.74, 6) is 0. The Balaban J connectivity index is 0.000000270. The minimum Gasteiger partial charge on any atom is -0.462 e. The van der Waals surface area contributed by atoms with Gasteiger partial charge in [-0.3, -0.25) is 4.79 Å². The zero-order valence-corrected chi connectivity index (χ0v) is 14.4. The summed E-state index contributed by atoms with van der Waals surface area (Å²) in [6.07, 6.45) is 0. The average molecular weight is 358 g/mol. The molecule has 21 heavy (non-hydrogen) atoms. The lowest BCUT2D eigenvalue weighted by Gasteiger charge is -2.29. The fourth-order valence-electron chi connectivity index (χ4n) is 1.78. The highest BCUT2D eigenvalue weighted by atomic mass is 79.9. The number of carbonyl (C=O) groups excluding carboxylic acids is 1. The van der Waals surface area contributed by atoms with Gasteiger partial charge in [0.05, 0.1) is 0 Å². The van der Waals surface area contributed by atoms with E-state index in [2.05, 4.69) is 43.0 Å². The largest absolute Gasteiger partial charge is 0.462 e. The predicted molar refractivity (Wildman–Crippen MR) is 90.5 cm³/mol. The van der Waals surface area contributed by atoms with Gasteiger partial charge < -0.3 is 20.7 Å². The van der Waals surface area contributed by atoms with Crippen molar-refractivity contribution in [2.75, 3.05) is 36.8 Å². The summed E-state index contributed by atoms with van der Waals surface area (Å²) < 4.78 is 5.53. The van der Waals surface area contributed by atoms with Gasteiger partial charge >= 0.3 is 0 Å². The highest BCUT2D eigenvalue weighted by Crippen LogP contribution is 2.25. The van der Waals surface area contributed by atoms with Crippen molar-refractivity contribution < 1.29 is 9.53 Å². The highest BCUT2D eigenvalue weighted by Gasteiger charge is 2.10. The van der Waals surface area contributed by atoms with Gasteiger partial charge in [0, 0.05) is 42.0 Å². The Morgan fingerprint density at radius 1 is 1.33 bits per heavy atom. The van der Waals surface area contributed by atoms with Crippen LogP contribution in [-0.4, -0.2) is 38.3 Å². The quantitative estimate of drug-likeness (QED) is 0.628. The van der Waals surface area contributed by atoms with E-state index < -0.39 is 0 Å². The Labute approximate surface area is 135 Å². The van der Waals surface area contributed by atoms with Crippen LogP contribution in [0.5, 0.6) is 0 Å². The molecule has 6 heteroatoms. The summed E-state index contributed by atoms with van der Waals surface area (Å²) in [5, 5.41) is 3.33. The molecule has 0 aromatic heterocycles. The van der Waals surface area contributed by atoms with E-state index in [1.807, 2.05) is 26.8 Å². The molecule has 0 aliphatic carbocycles. The van der Waals surface area contributed by atoms with Gasteiger partial charge in [0.15, 0.2) is 0 Å². The molecule has 1 saturated heterocycles. The van der Waals surface area contributed by atoms with Gasteiger partial charge in [0.2, 0.25) is 0 Å². The first-order chi connectivity index (χ1) is 9.83. The first-order valence-electron chi connectivity index (χ1n) is 6.95. The molecule has 1 heterocycles. The Hall–Kier alpha value is -1.27. The van der Waals surface area contributed by atoms with Gasteiger partial charge in [-0.1, -0.05) is 0 Å². The number of ether oxygens (including phenoxy) is 1. The predicted octanol–water partition coefficient (Wildman–Crippen LogP) is 2.40. The molecule has 0 atom stereocenters. The van der Waals surface area contributed by atoms with Crippen molar-refractivity contribution in [2.24, 2.45) is 0 Å². The van der Waals surface area contributed by atoms with Crippen LogP contribution in [0, 0.1) is 0 Å². The van der Waals surface area contributed by atoms with Crippen LogP contribution in [0.2, 0.25) is 0 Å². The summed E-state index contributed by atoms with van der Waals surface area (Å²) >= 11 is 3.45. The minimum absolute atomic E-state index is 0.318. The Kier molecular flexibility index (Phi) is 6.98. The summed E-state index contributed by atoms with van der Waals surface area (Å²) in [6, 6.07) is 6.10. The molecule has 1 aliphatic rings. The maximum absolute atomic E-state index is 9.60. The molecule has 0 radical (unpaired) electrons. The summed E-state index contributed by atoms with van der Waals surface area (Å²) in [4.78, 5) is 12.0. The Morgan fingerprint density at radius 2 is 1.95 bits per heavy atom. The van der Waals surface area contributed by atoms with Gasteiger partial charge in [0.1, 0.15) is 5.60 Å². The summed E-state index contributed by atoms with van der Waals surface area (Å²) in [5.41, 5.74) is 7.46. The molecule has 0 spiro atoms. The number of nitrogens with two attached hydrogens (primary N) is 1. The molecule has 2 rings (SSSR count). The molecular weight excluding hydrogens is 334 g/mol. The van der Waals surface area contributed by atoms with Crippen LogP contribution in [0.4, 0.5) is 11.4 Å². The maximum atomic E-state index is 9.60. The molecule has 0 unspecified atom stereocenters. The van der Waals surface area contributed by atoms with Crippen molar-refractivity contribution >= 4 is 33.8 Å². The van der Waals surface area contributed by atoms with E-state index in [9.17, 15) is 4.79 Å². The van der Waals surface area contributed by atoms with Crippen molar-refractivity contribution in [1.82, 2.24) is 5.32 Å². The molecule has 5 nitrogen and oxygen atoms in total. The number of nitrogens with one attached hydrogen (secondary N) is 1. The summed E-state index contributed by atoms with van der Waals surface area (Å²) in [6.45, 7) is 10.2. The normalized spacial score (nSPS) is 15.0. The van der Waals surface area contributed by atoms with E-state index >= 15 is 0 Å². The van der Waals surface area contributed by atoms with Gasteiger partial charge in [-0.2, -0.15) is 0 Å². The third kappa shape index (κ3) is 6.82. The van der Waals surface area contributed by atoms with Crippen LogP contribution in [0.15, 0.2) is 22.7 Å². The molecule has 1 aromatic carbocycles. The zero-order valence-electron chi connectivity index (χ0n) is 12.9. The number of hydrogen-bond donors (Lipinski definition) is 2. The zero-order chi connectivity index (χ0) is 15.9. The van der Waals surface area contributed by atoms with E-state index in [1.165, 1.54) is 5.69 Å². The number of nitrogen functional groups attached to an aromatic ring is 1. The van der Waals surface area contributed by atoms with Crippen LogP contribution in [0.3, 0.4) is 0 Å². The lowest BCUT2D eigenvalue weighted by molar-refractivity contribution is -0.138. The first kappa shape index (κ1) is 17.8. The van der Waals surface area contributed by atoms with Gasteiger partial charge in [0.25, 0.3) is 6.47 Å². The van der Waals surface area contributed by atoms with E-state index in [0.717, 1.165) is 36.3 Å². The molecule has 0 amide bonds. The second-order valence-corrected chi connectivity index (χ2v) is 6.62. The lowest BCUT2D eigenvalue weighted by atomic mass is 10.2. The number of benzene rings is 1. The highest BCUT2D eigenvalue weighted by molar-refractivity contribution is 9.10. The van der Waals surface area contributed by atoms with Crippen LogP contribution in [-0.2, 0) is 9.53 Å². The van der Waals surface area contributed by atoms with Crippen molar-refractivity contribution in [1.29, 1.82) is 0 Å². The van der Waals surface area contributed by atoms with Crippen LogP contribution < -0.4 is 16.0 Å². The smallest absolute Gasteiger partial charge is 0.293 e. The van der Waals surface area contributed by atoms with Crippen LogP contribution in [0.1, 0.15) is 20.8 Å². The number of halogens is 1. The fraction of sp³-hybridized carbons (Fsp3) is 0.533. The van der Waals surface area contributed by atoms with Crippen molar-refractivity contribution in [3.63, 3.8) is 0 Å². The topological polar surface area (TPSA) is 67.6 Å². The third-order valence-electron chi connectivity index (χ3n) is 2.87. The second-order valence-electron chi connectivity index (χ2n) is 5.77. The third-order valence-corrected chi connectivity index (χ3v) is 3.55. The standard InChI is InChI=1S/C10H14BrN3.C5H10O2/c11-9-7-8(1-2-10(9)12)14-5-3-13-4-6-14;1-5(2,3)7-4-6/h1-2,7,13H,3-6,12H2;4H,1-3H3. The second kappa shape index (κ2) is 8.24. The molecule has 3 N–H and O–H groups in total. The lowest BCUT2D eigenvalue weighted by Crippen LogP contribution is -2.43. The Morgan fingerprint density at radius 3 is 2.38 bits per heavy atom. The number of anilines is 2. The number of rotatable bonds is 2. The monoisotopic (exact) mass is 357 g/mol. The number of nitrogens with zero attached hydrogens (tertiary/aromatic N) is 1. The first-order valence-corrected chi connectivity index (χ1v) is 7.75. The van der Waals surface area contributed by atoms with E-state index in [1.54, 1.807) is 0 Å². The molecule has 1 aromatic rings. The van der Waals surface area contributed by atoms with Crippen LogP contribution >= 0.6 is 15.9 Å². The molecule has 1 fully saturated rings. The average Bonchev–Trinajstić information content (AvgIpc) is 2.42. The van der Waals surface area contributed by atoms with Gasteiger partial charge in [-0.15, -0.1) is 0 Å². The number of hydrogen-bond acceptors (Lipinski definition) is 5. The van der Waals surface area contributed by atoms with E-state index in [4.69, 9.17) is 5.73 Å². The molecule has 0 bridgehead atoms. The minimum atomic E-state index is -0.318. The van der Waals surface area contributed by atoms with E-state index in [0.29, 0.717) is 6.47 Å².